The van der Waals surface area contributed by atoms with Gasteiger partial charge in [-0.2, -0.15) is 0 Å². The third-order valence-corrected chi connectivity index (χ3v) is 3.04. The Balaban J connectivity index is 2.34. The largest absolute Gasteiger partial charge is 0.495 e. The molecule has 1 heterocycles. The quantitative estimate of drug-likeness (QED) is 0.617. The molecule has 20 heavy (non-hydrogen) atoms. The summed E-state index contributed by atoms with van der Waals surface area (Å²) in [6.07, 6.45) is 1.65. The second-order valence-electron chi connectivity index (χ2n) is 5.48. The van der Waals surface area contributed by atoms with Crippen LogP contribution in [0.1, 0.15) is 26.3 Å². The summed E-state index contributed by atoms with van der Waals surface area (Å²) in [5.74, 6) is 0.567. The van der Waals surface area contributed by atoms with Crippen LogP contribution in [0, 0.1) is 5.41 Å². The highest BCUT2D eigenvalue weighted by Gasteiger charge is 2.31. The number of hydrogen-bond acceptors (Lipinski definition) is 4. The number of carbonyl (C=O) groups excluding carboxylic acids is 1. The fourth-order valence-corrected chi connectivity index (χ4v) is 1.93. The summed E-state index contributed by atoms with van der Waals surface area (Å²) in [5.41, 5.74) is 0.737. The van der Waals surface area contributed by atoms with Crippen molar-refractivity contribution in [2.45, 2.75) is 20.8 Å². The Labute approximate surface area is 123 Å². The van der Waals surface area contributed by atoms with Gasteiger partial charge in [0.05, 0.1) is 12.1 Å². The molecule has 0 spiro atoms. The van der Waals surface area contributed by atoms with Crippen LogP contribution < -0.4 is 4.74 Å². The van der Waals surface area contributed by atoms with E-state index >= 15 is 0 Å². The molecule has 0 saturated carbocycles. The van der Waals surface area contributed by atoms with Gasteiger partial charge in [0.1, 0.15) is 5.75 Å². The lowest BCUT2D eigenvalue weighted by Gasteiger charge is -2.15. The number of esters is 1. The van der Waals surface area contributed by atoms with E-state index < -0.39 is 5.97 Å². The van der Waals surface area contributed by atoms with E-state index in [4.69, 9.17) is 21.1 Å². The lowest BCUT2D eigenvalue weighted by molar-refractivity contribution is -0.130. The van der Waals surface area contributed by atoms with Gasteiger partial charge in [-0.05, 0) is 23.8 Å². The third-order valence-electron chi connectivity index (χ3n) is 2.74. The number of cyclic esters (lactones) is 1. The van der Waals surface area contributed by atoms with Crippen LogP contribution in [0.3, 0.4) is 0 Å². The summed E-state index contributed by atoms with van der Waals surface area (Å²) in [6.45, 7) is 5.81. The van der Waals surface area contributed by atoms with Crippen molar-refractivity contribution in [3.63, 3.8) is 0 Å². The van der Waals surface area contributed by atoms with E-state index in [1.54, 1.807) is 31.4 Å². The van der Waals surface area contributed by atoms with E-state index in [0.29, 0.717) is 16.7 Å². The van der Waals surface area contributed by atoms with Crippen molar-refractivity contribution >= 4 is 29.5 Å². The summed E-state index contributed by atoms with van der Waals surface area (Å²) in [7, 11) is 1.55. The zero-order valence-corrected chi connectivity index (χ0v) is 12.6. The predicted molar refractivity (Wildman–Crippen MR) is 79.0 cm³/mol. The number of rotatable bonds is 2. The smallest absolute Gasteiger partial charge is 0.363 e. The number of carbonyl (C=O) groups is 1. The molecule has 0 unspecified atom stereocenters. The standard InChI is InChI=1S/C15H16ClNO3/c1-15(2,3)14-17-11(13(18)20-14)8-9-5-6-12(19-4)10(16)7-9/h5-8H,1-4H3/b11-8+. The summed E-state index contributed by atoms with van der Waals surface area (Å²) in [5, 5.41) is 0.480. The average molecular weight is 294 g/mol. The molecule has 0 radical (unpaired) electrons. The second kappa shape index (κ2) is 5.29. The van der Waals surface area contributed by atoms with Crippen molar-refractivity contribution < 1.29 is 14.3 Å². The lowest BCUT2D eigenvalue weighted by atomic mass is 9.97. The summed E-state index contributed by atoms with van der Waals surface area (Å²) in [6, 6.07) is 5.25. The molecule has 0 saturated heterocycles. The monoisotopic (exact) mass is 293 g/mol. The molecule has 1 aromatic rings. The van der Waals surface area contributed by atoms with Crippen LogP contribution in [-0.2, 0) is 9.53 Å². The van der Waals surface area contributed by atoms with Gasteiger partial charge in [-0.25, -0.2) is 9.79 Å². The highest BCUT2D eigenvalue weighted by Crippen LogP contribution is 2.28. The maximum atomic E-state index is 11.8. The van der Waals surface area contributed by atoms with Crippen molar-refractivity contribution in [2.75, 3.05) is 7.11 Å². The molecule has 1 aromatic carbocycles. The second-order valence-corrected chi connectivity index (χ2v) is 5.89. The Kier molecular flexibility index (Phi) is 3.86. The van der Waals surface area contributed by atoms with E-state index in [9.17, 15) is 4.79 Å². The number of hydrogen-bond donors (Lipinski definition) is 0. The molecule has 0 aliphatic carbocycles. The number of methoxy groups -OCH3 is 1. The number of ether oxygens (including phenoxy) is 2. The molecule has 4 nitrogen and oxygen atoms in total. The van der Waals surface area contributed by atoms with Crippen LogP contribution in [0.15, 0.2) is 28.9 Å². The first-order valence-electron chi connectivity index (χ1n) is 6.18. The van der Waals surface area contributed by atoms with Crippen LogP contribution in [-0.4, -0.2) is 19.0 Å². The Hall–Kier alpha value is -1.81. The first-order chi connectivity index (χ1) is 9.31. The van der Waals surface area contributed by atoms with Gasteiger partial charge in [0.25, 0.3) is 0 Å². The molecular formula is C15H16ClNO3. The highest BCUT2D eigenvalue weighted by atomic mass is 35.5. The van der Waals surface area contributed by atoms with E-state index in [2.05, 4.69) is 4.99 Å². The molecule has 0 N–H and O–H groups in total. The molecule has 1 aliphatic rings. The molecule has 0 aromatic heterocycles. The minimum Gasteiger partial charge on any atom is -0.495 e. The van der Waals surface area contributed by atoms with Gasteiger partial charge in [-0.1, -0.05) is 38.4 Å². The molecule has 106 valence electrons. The molecule has 0 fully saturated rings. The first kappa shape index (κ1) is 14.6. The molecule has 0 bridgehead atoms. The summed E-state index contributed by atoms with van der Waals surface area (Å²) < 4.78 is 10.3. The molecule has 1 aliphatic heterocycles. The van der Waals surface area contributed by atoms with Gasteiger partial charge in [0, 0.05) is 5.41 Å². The number of aliphatic imine (C=N–C) groups is 1. The normalized spacial score (nSPS) is 17.1. The predicted octanol–water partition coefficient (Wildman–Crippen LogP) is 3.69. The Morgan fingerprint density at radius 1 is 1.35 bits per heavy atom. The molecule has 2 rings (SSSR count). The van der Waals surface area contributed by atoms with E-state index in [-0.39, 0.29) is 11.1 Å². The van der Waals surface area contributed by atoms with Gasteiger partial charge < -0.3 is 9.47 Å². The molecule has 0 atom stereocenters. The minimum absolute atomic E-state index is 0.274. The molecule has 0 amide bonds. The zero-order valence-electron chi connectivity index (χ0n) is 11.9. The fraction of sp³-hybridized carbons (Fsp3) is 0.333. The lowest BCUT2D eigenvalue weighted by Crippen LogP contribution is -2.21. The maximum absolute atomic E-state index is 11.8. The minimum atomic E-state index is -0.443. The van der Waals surface area contributed by atoms with Crippen molar-refractivity contribution in [2.24, 2.45) is 10.4 Å². The Bertz CT molecular complexity index is 612. The van der Waals surface area contributed by atoms with Crippen LogP contribution in [0.4, 0.5) is 0 Å². The number of halogens is 1. The zero-order chi connectivity index (χ0) is 14.9. The van der Waals surface area contributed by atoms with Gasteiger partial charge in [-0.15, -0.1) is 0 Å². The number of nitrogens with zero attached hydrogens (tertiary/aromatic N) is 1. The van der Waals surface area contributed by atoms with Gasteiger partial charge >= 0.3 is 5.97 Å². The first-order valence-corrected chi connectivity index (χ1v) is 6.55. The fourth-order valence-electron chi connectivity index (χ4n) is 1.66. The SMILES string of the molecule is COc1ccc(/C=C2/N=C(C(C)(C)C)OC2=O)cc1Cl. The van der Waals surface area contributed by atoms with Crippen LogP contribution in [0.25, 0.3) is 6.08 Å². The summed E-state index contributed by atoms with van der Waals surface area (Å²) >= 11 is 6.05. The van der Waals surface area contributed by atoms with Crippen LogP contribution >= 0.6 is 11.6 Å². The van der Waals surface area contributed by atoms with Crippen molar-refractivity contribution in [3.8, 4) is 5.75 Å². The summed E-state index contributed by atoms with van der Waals surface area (Å²) in [4.78, 5) is 16.0. The van der Waals surface area contributed by atoms with E-state index in [1.807, 2.05) is 20.8 Å². The maximum Gasteiger partial charge on any atom is 0.363 e. The van der Waals surface area contributed by atoms with E-state index in [1.165, 1.54) is 0 Å². The third kappa shape index (κ3) is 3.02. The highest BCUT2D eigenvalue weighted by molar-refractivity contribution is 6.32. The average Bonchev–Trinajstić information content (AvgIpc) is 2.71. The topological polar surface area (TPSA) is 47.9 Å². The van der Waals surface area contributed by atoms with E-state index in [0.717, 1.165) is 5.56 Å². The van der Waals surface area contributed by atoms with Crippen LogP contribution in [0.2, 0.25) is 5.02 Å². The van der Waals surface area contributed by atoms with Gasteiger partial charge in [0.2, 0.25) is 5.90 Å². The Morgan fingerprint density at radius 3 is 2.55 bits per heavy atom. The number of benzene rings is 1. The molecular weight excluding hydrogens is 278 g/mol. The van der Waals surface area contributed by atoms with Crippen molar-refractivity contribution in [3.05, 3.63) is 34.5 Å². The van der Waals surface area contributed by atoms with Gasteiger partial charge in [0.15, 0.2) is 5.70 Å². The molecule has 5 heteroatoms. The Morgan fingerprint density at radius 2 is 2.05 bits per heavy atom. The van der Waals surface area contributed by atoms with Gasteiger partial charge in [-0.3, -0.25) is 0 Å². The van der Waals surface area contributed by atoms with Crippen LogP contribution in [0.5, 0.6) is 5.75 Å². The van der Waals surface area contributed by atoms with Crippen molar-refractivity contribution in [1.82, 2.24) is 0 Å². The van der Waals surface area contributed by atoms with Crippen molar-refractivity contribution in [1.29, 1.82) is 0 Å².